The van der Waals surface area contributed by atoms with Crippen LogP contribution in [0.15, 0.2) is 58.6 Å². The summed E-state index contributed by atoms with van der Waals surface area (Å²) < 4.78 is 0.720. The van der Waals surface area contributed by atoms with Crippen LogP contribution in [0.1, 0.15) is 5.56 Å². The predicted octanol–water partition coefficient (Wildman–Crippen LogP) is 3.18. The predicted molar refractivity (Wildman–Crippen MR) is 104 cm³/mol. The van der Waals surface area contributed by atoms with Crippen molar-refractivity contribution in [2.75, 3.05) is 23.9 Å². The maximum absolute atomic E-state index is 12.8. The van der Waals surface area contributed by atoms with Gasteiger partial charge in [-0.25, -0.2) is 9.69 Å². The quantitative estimate of drug-likeness (QED) is 0.619. The van der Waals surface area contributed by atoms with E-state index in [1.165, 1.54) is 6.08 Å². The molecule has 4 amide bonds. The van der Waals surface area contributed by atoms with Crippen LogP contribution >= 0.6 is 15.9 Å². The Morgan fingerprint density at radius 3 is 2.35 bits per heavy atom. The van der Waals surface area contributed by atoms with E-state index in [4.69, 9.17) is 0 Å². The molecule has 6 nitrogen and oxygen atoms in total. The van der Waals surface area contributed by atoms with E-state index in [-0.39, 0.29) is 5.57 Å². The molecule has 1 saturated heterocycles. The average Bonchev–Trinajstić information content (AvgIpc) is 2.59. The Labute approximate surface area is 159 Å². The number of carbonyl (C=O) groups is 3. The van der Waals surface area contributed by atoms with E-state index in [1.807, 2.05) is 43.3 Å². The van der Waals surface area contributed by atoms with Gasteiger partial charge in [0.05, 0.1) is 5.69 Å². The molecule has 132 valence electrons. The maximum atomic E-state index is 12.8. The lowest BCUT2D eigenvalue weighted by molar-refractivity contribution is -0.122. The van der Waals surface area contributed by atoms with Crippen LogP contribution in [0, 0.1) is 0 Å². The van der Waals surface area contributed by atoms with Gasteiger partial charge < -0.3 is 4.90 Å². The number of anilines is 2. The maximum Gasteiger partial charge on any atom is 0.335 e. The third-order valence-electron chi connectivity index (χ3n) is 3.89. The minimum Gasteiger partial charge on any atom is -0.378 e. The molecule has 0 aromatic heterocycles. The van der Waals surface area contributed by atoms with Crippen LogP contribution in [0.25, 0.3) is 6.08 Å². The van der Waals surface area contributed by atoms with E-state index < -0.39 is 17.8 Å². The molecule has 0 radical (unpaired) electrons. The van der Waals surface area contributed by atoms with Crippen LogP contribution in [0.5, 0.6) is 0 Å². The molecule has 0 unspecified atom stereocenters. The number of nitrogens with one attached hydrogen (secondary N) is 1. The topological polar surface area (TPSA) is 69.7 Å². The van der Waals surface area contributed by atoms with Gasteiger partial charge in [-0.3, -0.25) is 14.9 Å². The molecule has 2 aromatic rings. The summed E-state index contributed by atoms with van der Waals surface area (Å²) >= 11 is 3.31. The van der Waals surface area contributed by atoms with Crippen molar-refractivity contribution in [2.45, 2.75) is 0 Å². The van der Waals surface area contributed by atoms with Crippen molar-refractivity contribution >= 4 is 51.2 Å². The second kappa shape index (κ2) is 7.13. The number of carbonyl (C=O) groups excluding carboxylic acids is 3. The Morgan fingerprint density at radius 1 is 1.04 bits per heavy atom. The third kappa shape index (κ3) is 3.52. The van der Waals surface area contributed by atoms with Gasteiger partial charge in [0.15, 0.2) is 0 Å². The molecule has 1 fully saturated rings. The first-order valence-electron chi connectivity index (χ1n) is 7.81. The molecular formula is C19H16BrN3O3. The van der Waals surface area contributed by atoms with Crippen LogP contribution in [0.4, 0.5) is 16.2 Å². The number of hydrogen-bond donors (Lipinski definition) is 1. The Balaban J connectivity index is 1.97. The highest BCUT2D eigenvalue weighted by Gasteiger charge is 2.36. The minimum atomic E-state index is -0.766. The number of imide groups is 2. The normalized spacial score (nSPS) is 16.0. The Hall–Kier alpha value is -2.93. The lowest BCUT2D eigenvalue weighted by atomic mass is 10.1. The van der Waals surface area contributed by atoms with Crippen molar-refractivity contribution in [2.24, 2.45) is 0 Å². The van der Waals surface area contributed by atoms with E-state index >= 15 is 0 Å². The fourth-order valence-electron chi connectivity index (χ4n) is 2.54. The lowest BCUT2D eigenvalue weighted by Crippen LogP contribution is -2.54. The highest BCUT2D eigenvalue weighted by molar-refractivity contribution is 9.10. The second-order valence-corrected chi connectivity index (χ2v) is 6.84. The van der Waals surface area contributed by atoms with E-state index in [2.05, 4.69) is 21.2 Å². The molecule has 7 heteroatoms. The summed E-state index contributed by atoms with van der Waals surface area (Å²) in [5.74, 6) is -1.36. The summed E-state index contributed by atoms with van der Waals surface area (Å²) in [5, 5.41) is 2.21. The van der Waals surface area contributed by atoms with Crippen LogP contribution in [-0.2, 0) is 9.59 Å². The monoisotopic (exact) mass is 413 g/mol. The van der Waals surface area contributed by atoms with E-state index in [1.54, 1.807) is 24.3 Å². The summed E-state index contributed by atoms with van der Waals surface area (Å²) in [6, 6.07) is 13.4. The van der Waals surface area contributed by atoms with Crippen molar-refractivity contribution in [3.63, 3.8) is 0 Å². The highest BCUT2D eigenvalue weighted by Crippen LogP contribution is 2.25. The fraction of sp³-hybridized carbons (Fsp3) is 0.105. The summed E-state index contributed by atoms with van der Waals surface area (Å²) in [5.41, 5.74) is 1.97. The van der Waals surface area contributed by atoms with Crippen molar-refractivity contribution < 1.29 is 14.4 Å². The number of benzene rings is 2. The lowest BCUT2D eigenvalue weighted by Gasteiger charge is -2.26. The number of halogens is 1. The SMILES string of the molecule is CN(C)c1ccc(/C=C2\C(=O)NC(=O)N(c3cccc(Br)c3)C2=O)cc1. The van der Waals surface area contributed by atoms with E-state index in [0.717, 1.165) is 15.1 Å². The molecule has 0 saturated carbocycles. The molecule has 26 heavy (non-hydrogen) atoms. The zero-order valence-electron chi connectivity index (χ0n) is 14.2. The number of rotatable bonds is 3. The van der Waals surface area contributed by atoms with Gasteiger partial charge in [0.25, 0.3) is 11.8 Å². The van der Waals surface area contributed by atoms with Gasteiger partial charge >= 0.3 is 6.03 Å². The van der Waals surface area contributed by atoms with Gasteiger partial charge in [0.2, 0.25) is 0 Å². The first-order chi connectivity index (χ1) is 12.4. The van der Waals surface area contributed by atoms with Gasteiger partial charge in [-0.2, -0.15) is 0 Å². The van der Waals surface area contributed by atoms with Crippen molar-refractivity contribution in [3.8, 4) is 0 Å². The van der Waals surface area contributed by atoms with Gasteiger partial charge in [0.1, 0.15) is 5.57 Å². The number of barbiturate groups is 1. The van der Waals surface area contributed by atoms with Crippen LogP contribution in [0.2, 0.25) is 0 Å². The molecule has 0 atom stereocenters. The molecule has 1 aliphatic rings. The number of amides is 4. The molecule has 0 aliphatic carbocycles. The van der Waals surface area contributed by atoms with Gasteiger partial charge in [-0.15, -0.1) is 0 Å². The standard InChI is InChI=1S/C19H16BrN3O3/c1-22(2)14-8-6-12(7-9-14)10-16-17(24)21-19(26)23(18(16)25)15-5-3-4-13(20)11-15/h3-11H,1-2H3,(H,21,24,26)/b16-10+. The van der Waals surface area contributed by atoms with Gasteiger partial charge in [-0.1, -0.05) is 34.1 Å². The number of hydrogen-bond acceptors (Lipinski definition) is 4. The summed E-state index contributed by atoms with van der Waals surface area (Å²) in [7, 11) is 3.85. The molecular weight excluding hydrogens is 398 g/mol. The number of nitrogens with zero attached hydrogens (tertiary/aromatic N) is 2. The minimum absolute atomic E-state index is 0.0952. The molecule has 1 aliphatic heterocycles. The van der Waals surface area contributed by atoms with E-state index in [9.17, 15) is 14.4 Å². The summed E-state index contributed by atoms with van der Waals surface area (Å²) in [6.45, 7) is 0. The first-order valence-corrected chi connectivity index (χ1v) is 8.60. The molecule has 3 rings (SSSR count). The van der Waals surface area contributed by atoms with Crippen LogP contribution in [0.3, 0.4) is 0 Å². The molecule has 0 bridgehead atoms. The smallest absolute Gasteiger partial charge is 0.335 e. The summed E-state index contributed by atoms with van der Waals surface area (Å²) in [6.07, 6.45) is 1.48. The zero-order valence-corrected chi connectivity index (χ0v) is 15.8. The largest absolute Gasteiger partial charge is 0.378 e. The zero-order chi connectivity index (χ0) is 18.8. The molecule has 0 spiro atoms. The number of urea groups is 1. The second-order valence-electron chi connectivity index (χ2n) is 5.92. The molecule has 2 aromatic carbocycles. The average molecular weight is 414 g/mol. The highest BCUT2D eigenvalue weighted by atomic mass is 79.9. The van der Waals surface area contributed by atoms with Crippen molar-refractivity contribution in [1.29, 1.82) is 0 Å². The van der Waals surface area contributed by atoms with E-state index in [0.29, 0.717) is 11.3 Å². The summed E-state index contributed by atoms with van der Waals surface area (Å²) in [4.78, 5) is 40.0. The van der Waals surface area contributed by atoms with Crippen LogP contribution < -0.4 is 15.1 Å². The Morgan fingerprint density at radius 2 is 1.73 bits per heavy atom. The molecule has 1 N–H and O–H groups in total. The van der Waals surface area contributed by atoms with Crippen molar-refractivity contribution in [1.82, 2.24) is 5.32 Å². The van der Waals surface area contributed by atoms with Gasteiger partial charge in [-0.05, 0) is 42.0 Å². The Bertz CT molecular complexity index is 920. The first kappa shape index (κ1) is 17.9. The Kier molecular flexibility index (Phi) is 4.90. The van der Waals surface area contributed by atoms with Crippen molar-refractivity contribution in [3.05, 3.63) is 64.1 Å². The molecule has 1 heterocycles. The van der Waals surface area contributed by atoms with Crippen LogP contribution in [-0.4, -0.2) is 31.9 Å². The fourth-order valence-corrected chi connectivity index (χ4v) is 2.93. The third-order valence-corrected chi connectivity index (χ3v) is 4.38. The van der Waals surface area contributed by atoms with Gasteiger partial charge in [0, 0.05) is 24.3 Å².